The Labute approximate surface area is 102 Å². The summed E-state index contributed by atoms with van der Waals surface area (Å²) in [5.74, 6) is 0.472. The minimum atomic E-state index is -0.828. The minimum absolute atomic E-state index is 0.178. The van der Waals surface area contributed by atoms with E-state index < -0.39 is 11.9 Å². The number of nitrogens with zero attached hydrogens (tertiary/aromatic N) is 1. The monoisotopic (exact) mass is 239 g/mol. The first kappa shape index (κ1) is 12.4. The Morgan fingerprint density at radius 2 is 2.06 bits per heavy atom. The Morgan fingerprint density at radius 3 is 2.53 bits per heavy atom. The second-order valence-electron chi connectivity index (χ2n) is 5.46. The molecule has 4 heteroatoms. The molecule has 0 heterocycles. The molecule has 1 N–H and O–H groups in total. The molecule has 1 amide bonds. The second kappa shape index (κ2) is 4.67. The number of hydrogen-bond donors (Lipinski definition) is 1. The van der Waals surface area contributed by atoms with Crippen LogP contribution in [0.1, 0.15) is 33.1 Å². The molecule has 2 rings (SSSR count). The van der Waals surface area contributed by atoms with Crippen molar-refractivity contribution in [3.8, 4) is 0 Å². The maximum absolute atomic E-state index is 12.2. The van der Waals surface area contributed by atoms with Crippen LogP contribution in [-0.2, 0) is 9.59 Å². The summed E-state index contributed by atoms with van der Waals surface area (Å²) in [5, 5.41) is 8.87. The highest BCUT2D eigenvalue weighted by molar-refractivity contribution is 5.82. The van der Waals surface area contributed by atoms with Crippen molar-refractivity contribution < 1.29 is 14.7 Å². The molecule has 0 saturated heterocycles. The van der Waals surface area contributed by atoms with Crippen LogP contribution in [0.2, 0.25) is 0 Å². The van der Waals surface area contributed by atoms with E-state index in [2.05, 4.69) is 0 Å². The van der Waals surface area contributed by atoms with Gasteiger partial charge in [-0.15, -0.1) is 0 Å². The maximum atomic E-state index is 12.2. The SMILES string of the molecule is CCN(C[C@H](C)C(=O)O)C(=O)[C@H]1C[C@@H]1C1CC1. The topological polar surface area (TPSA) is 57.6 Å². The highest BCUT2D eigenvalue weighted by Crippen LogP contribution is 2.54. The van der Waals surface area contributed by atoms with Gasteiger partial charge in [0.15, 0.2) is 0 Å². The summed E-state index contributed by atoms with van der Waals surface area (Å²) in [6.07, 6.45) is 3.60. The van der Waals surface area contributed by atoms with Gasteiger partial charge in [-0.05, 0) is 38.0 Å². The predicted octanol–water partition coefficient (Wildman–Crippen LogP) is 1.60. The average molecular weight is 239 g/mol. The first-order chi connectivity index (χ1) is 8.04. The predicted molar refractivity (Wildman–Crippen MR) is 63.4 cm³/mol. The standard InChI is InChI=1S/C13H21NO3/c1-3-14(7-8(2)13(16)17)12(15)11-6-10(11)9-4-5-9/h8-11H,3-7H2,1-2H3,(H,16,17)/t8-,10+,11-/m0/s1. The van der Waals surface area contributed by atoms with Crippen LogP contribution in [0.4, 0.5) is 0 Å². The average Bonchev–Trinajstić information content (AvgIpc) is 3.16. The number of carbonyl (C=O) groups is 2. The van der Waals surface area contributed by atoms with Crippen molar-refractivity contribution >= 4 is 11.9 Å². The van der Waals surface area contributed by atoms with Crippen LogP contribution >= 0.6 is 0 Å². The third-order valence-corrected chi connectivity index (χ3v) is 3.99. The fraction of sp³-hybridized carbons (Fsp3) is 0.846. The Morgan fingerprint density at radius 1 is 1.41 bits per heavy atom. The van der Waals surface area contributed by atoms with Crippen molar-refractivity contribution in [1.82, 2.24) is 4.90 Å². The van der Waals surface area contributed by atoms with E-state index in [1.807, 2.05) is 6.92 Å². The van der Waals surface area contributed by atoms with Crippen molar-refractivity contribution in [2.45, 2.75) is 33.1 Å². The molecule has 3 atom stereocenters. The Hall–Kier alpha value is -1.06. The van der Waals surface area contributed by atoms with Crippen molar-refractivity contribution in [1.29, 1.82) is 0 Å². The zero-order chi connectivity index (χ0) is 12.6. The lowest BCUT2D eigenvalue weighted by Crippen LogP contribution is -2.38. The molecule has 17 heavy (non-hydrogen) atoms. The zero-order valence-corrected chi connectivity index (χ0v) is 10.6. The number of aliphatic carboxylic acids is 1. The molecule has 4 nitrogen and oxygen atoms in total. The fourth-order valence-corrected chi connectivity index (χ4v) is 2.56. The van der Waals surface area contributed by atoms with E-state index in [4.69, 9.17) is 5.11 Å². The van der Waals surface area contributed by atoms with Crippen molar-refractivity contribution in [3.05, 3.63) is 0 Å². The Balaban J connectivity index is 1.85. The quantitative estimate of drug-likeness (QED) is 0.766. The van der Waals surface area contributed by atoms with E-state index in [9.17, 15) is 9.59 Å². The van der Waals surface area contributed by atoms with E-state index in [1.165, 1.54) is 12.8 Å². The lowest BCUT2D eigenvalue weighted by Gasteiger charge is -2.23. The third kappa shape index (κ3) is 2.79. The van der Waals surface area contributed by atoms with Gasteiger partial charge in [0.1, 0.15) is 0 Å². The molecule has 2 saturated carbocycles. The second-order valence-corrected chi connectivity index (χ2v) is 5.46. The van der Waals surface area contributed by atoms with Gasteiger partial charge < -0.3 is 10.0 Å². The molecule has 0 spiro atoms. The molecule has 96 valence electrons. The molecular formula is C13H21NO3. The minimum Gasteiger partial charge on any atom is -0.481 e. The van der Waals surface area contributed by atoms with Gasteiger partial charge in [-0.1, -0.05) is 6.92 Å². The fourth-order valence-electron chi connectivity index (χ4n) is 2.56. The summed E-state index contributed by atoms with van der Waals surface area (Å²) in [6.45, 7) is 4.54. The summed E-state index contributed by atoms with van der Waals surface area (Å²) in [4.78, 5) is 24.7. The number of rotatable bonds is 6. The van der Waals surface area contributed by atoms with Crippen LogP contribution < -0.4 is 0 Å². The van der Waals surface area contributed by atoms with E-state index in [-0.39, 0.29) is 11.8 Å². The summed E-state index contributed by atoms with van der Waals surface area (Å²) < 4.78 is 0. The van der Waals surface area contributed by atoms with Gasteiger partial charge in [0.25, 0.3) is 0 Å². The van der Waals surface area contributed by atoms with Gasteiger partial charge in [-0.25, -0.2) is 0 Å². The molecule has 2 fully saturated rings. The molecule has 2 aliphatic rings. The number of carboxylic acids is 1. The number of carboxylic acid groups (broad SMARTS) is 1. The van der Waals surface area contributed by atoms with E-state index in [1.54, 1.807) is 11.8 Å². The Bertz CT molecular complexity index is 325. The van der Waals surface area contributed by atoms with Crippen LogP contribution in [0.5, 0.6) is 0 Å². The number of hydrogen-bond acceptors (Lipinski definition) is 2. The van der Waals surface area contributed by atoms with Crippen molar-refractivity contribution in [2.75, 3.05) is 13.1 Å². The molecule has 0 radical (unpaired) electrons. The van der Waals surface area contributed by atoms with E-state index in [0.29, 0.717) is 19.0 Å². The molecule has 0 aliphatic heterocycles. The van der Waals surface area contributed by atoms with Gasteiger partial charge in [-0.3, -0.25) is 9.59 Å². The zero-order valence-electron chi connectivity index (χ0n) is 10.6. The highest BCUT2D eigenvalue weighted by atomic mass is 16.4. The lowest BCUT2D eigenvalue weighted by molar-refractivity contribution is -0.143. The molecule has 0 aromatic rings. The van der Waals surface area contributed by atoms with Crippen LogP contribution in [-0.4, -0.2) is 35.0 Å². The third-order valence-electron chi connectivity index (χ3n) is 3.99. The van der Waals surface area contributed by atoms with Gasteiger partial charge in [0, 0.05) is 19.0 Å². The summed E-state index contributed by atoms with van der Waals surface area (Å²) in [6, 6.07) is 0. The van der Waals surface area contributed by atoms with E-state index in [0.717, 1.165) is 12.3 Å². The summed E-state index contributed by atoms with van der Waals surface area (Å²) in [5.41, 5.74) is 0. The molecule has 0 unspecified atom stereocenters. The number of amides is 1. The van der Waals surface area contributed by atoms with Crippen LogP contribution in [0.3, 0.4) is 0 Å². The molecule has 0 aromatic carbocycles. The van der Waals surface area contributed by atoms with Crippen molar-refractivity contribution in [2.24, 2.45) is 23.7 Å². The largest absolute Gasteiger partial charge is 0.481 e. The van der Waals surface area contributed by atoms with Crippen LogP contribution in [0.15, 0.2) is 0 Å². The molecule has 0 bridgehead atoms. The Kier molecular flexibility index (Phi) is 3.40. The smallest absolute Gasteiger partial charge is 0.308 e. The highest BCUT2D eigenvalue weighted by Gasteiger charge is 2.52. The molecule has 2 aliphatic carbocycles. The van der Waals surface area contributed by atoms with Gasteiger partial charge >= 0.3 is 5.97 Å². The maximum Gasteiger partial charge on any atom is 0.308 e. The van der Waals surface area contributed by atoms with Crippen LogP contribution in [0, 0.1) is 23.7 Å². The number of carbonyl (C=O) groups excluding carboxylic acids is 1. The van der Waals surface area contributed by atoms with Crippen LogP contribution in [0.25, 0.3) is 0 Å². The summed E-state index contributed by atoms with van der Waals surface area (Å²) in [7, 11) is 0. The lowest BCUT2D eigenvalue weighted by atomic mass is 10.1. The first-order valence-corrected chi connectivity index (χ1v) is 6.56. The molecule has 0 aromatic heterocycles. The van der Waals surface area contributed by atoms with Gasteiger partial charge in [0.05, 0.1) is 5.92 Å². The summed E-state index contributed by atoms with van der Waals surface area (Å²) >= 11 is 0. The van der Waals surface area contributed by atoms with E-state index >= 15 is 0 Å². The van der Waals surface area contributed by atoms with Gasteiger partial charge in [0.2, 0.25) is 5.91 Å². The first-order valence-electron chi connectivity index (χ1n) is 6.56. The molecular weight excluding hydrogens is 218 g/mol. The van der Waals surface area contributed by atoms with Gasteiger partial charge in [-0.2, -0.15) is 0 Å². The normalized spacial score (nSPS) is 28.6. The van der Waals surface area contributed by atoms with Crippen molar-refractivity contribution in [3.63, 3.8) is 0 Å².